The van der Waals surface area contributed by atoms with Crippen molar-refractivity contribution in [2.24, 2.45) is 0 Å². The zero-order chi connectivity index (χ0) is 13.0. The molecule has 0 aliphatic carbocycles. The van der Waals surface area contributed by atoms with Crippen LogP contribution in [0, 0.1) is 0 Å². The monoisotopic (exact) mass is 252 g/mol. The molecule has 0 saturated heterocycles. The first-order valence-electron chi connectivity index (χ1n) is 5.89. The van der Waals surface area contributed by atoms with Crippen molar-refractivity contribution in [3.05, 3.63) is 17.7 Å². The van der Waals surface area contributed by atoms with Gasteiger partial charge in [-0.2, -0.15) is 0 Å². The Morgan fingerprint density at radius 3 is 2.61 bits per heavy atom. The van der Waals surface area contributed by atoms with Crippen LogP contribution in [-0.4, -0.2) is 31.4 Å². The van der Waals surface area contributed by atoms with Gasteiger partial charge >= 0.3 is 5.97 Å². The predicted octanol–water partition coefficient (Wildman–Crippen LogP) is 1.87. The molecule has 0 atom stereocenters. The van der Waals surface area contributed by atoms with Gasteiger partial charge < -0.3 is 19.3 Å². The van der Waals surface area contributed by atoms with E-state index in [4.69, 9.17) is 19.3 Å². The Bertz CT molecular complexity index is 441. The minimum Gasteiger partial charge on any atom is -0.496 e. The normalized spacial score (nSPS) is 13.8. The fourth-order valence-corrected chi connectivity index (χ4v) is 1.86. The van der Waals surface area contributed by atoms with E-state index in [-0.39, 0.29) is 6.42 Å². The largest absolute Gasteiger partial charge is 0.496 e. The fraction of sp³-hybridized carbons (Fsp3) is 0.462. The van der Waals surface area contributed by atoms with E-state index in [1.54, 1.807) is 13.2 Å². The molecule has 0 spiro atoms. The van der Waals surface area contributed by atoms with Crippen molar-refractivity contribution < 1.29 is 24.1 Å². The van der Waals surface area contributed by atoms with Gasteiger partial charge in [0, 0.05) is 18.9 Å². The number of rotatable bonds is 4. The summed E-state index contributed by atoms with van der Waals surface area (Å²) in [7, 11) is 1.56. The van der Waals surface area contributed by atoms with Crippen LogP contribution in [0.3, 0.4) is 0 Å². The summed E-state index contributed by atoms with van der Waals surface area (Å²) < 4.78 is 16.4. The Morgan fingerprint density at radius 2 is 2.00 bits per heavy atom. The van der Waals surface area contributed by atoms with Crippen molar-refractivity contribution in [2.75, 3.05) is 20.3 Å². The third kappa shape index (κ3) is 2.85. The lowest BCUT2D eigenvalue weighted by molar-refractivity contribution is -0.136. The van der Waals surface area contributed by atoms with Crippen molar-refractivity contribution in [1.82, 2.24) is 0 Å². The molecule has 1 aromatic carbocycles. The van der Waals surface area contributed by atoms with Gasteiger partial charge in [0.15, 0.2) is 11.5 Å². The molecule has 0 aromatic heterocycles. The van der Waals surface area contributed by atoms with Gasteiger partial charge in [0.25, 0.3) is 0 Å². The van der Waals surface area contributed by atoms with Crippen LogP contribution in [0.15, 0.2) is 12.1 Å². The molecule has 1 heterocycles. The standard InChI is InChI=1S/C13H16O5/c1-16-10-8-12-11(17-5-2-6-18-12)7-9(10)3-4-13(14)15/h7-8H,2-6H2,1H3,(H,14,15). The highest BCUT2D eigenvalue weighted by atomic mass is 16.5. The lowest BCUT2D eigenvalue weighted by atomic mass is 10.1. The van der Waals surface area contributed by atoms with E-state index in [0.717, 1.165) is 12.0 Å². The third-order valence-corrected chi connectivity index (χ3v) is 2.76. The molecule has 5 nitrogen and oxygen atoms in total. The minimum absolute atomic E-state index is 0.0655. The average molecular weight is 252 g/mol. The Morgan fingerprint density at radius 1 is 1.33 bits per heavy atom. The summed E-state index contributed by atoms with van der Waals surface area (Å²) in [4.78, 5) is 10.6. The Hall–Kier alpha value is -1.91. The number of hydrogen-bond donors (Lipinski definition) is 1. The summed E-state index contributed by atoms with van der Waals surface area (Å²) in [5, 5.41) is 8.73. The molecular weight excluding hydrogens is 236 g/mol. The highest BCUT2D eigenvalue weighted by molar-refractivity contribution is 5.67. The van der Waals surface area contributed by atoms with Crippen LogP contribution in [0.25, 0.3) is 0 Å². The summed E-state index contributed by atoms with van der Waals surface area (Å²) in [6.07, 6.45) is 1.31. The fourth-order valence-electron chi connectivity index (χ4n) is 1.86. The van der Waals surface area contributed by atoms with Gasteiger partial charge in [-0.15, -0.1) is 0 Å². The van der Waals surface area contributed by atoms with Gasteiger partial charge in [-0.05, 0) is 18.1 Å². The zero-order valence-electron chi connectivity index (χ0n) is 10.3. The van der Waals surface area contributed by atoms with Crippen LogP contribution >= 0.6 is 0 Å². The number of ether oxygens (including phenoxy) is 3. The molecule has 98 valence electrons. The van der Waals surface area contributed by atoms with Gasteiger partial charge in [-0.1, -0.05) is 0 Å². The summed E-state index contributed by atoms with van der Waals surface area (Å²) in [6, 6.07) is 3.57. The summed E-state index contributed by atoms with van der Waals surface area (Å²) in [5.74, 6) is 1.13. The van der Waals surface area contributed by atoms with Crippen LogP contribution < -0.4 is 14.2 Å². The predicted molar refractivity (Wildman–Crippen MR) is 64.6 cm³/mol. The third-order valence-electron chi connectivity index (χ3n) is 2.76. The van der Waals surface area contributed by atoms with Crippen molar-refractivity contribution in [1.29, 1.82) is 0 Å². The van der Waals surface area contributed by atoms with Gasteiger partial charge in [0.2, 0.25) is 0 Å². The number of carbonyl (C=O) groups is 1. The van der Waals surface area contributed by atoms with Crippen molar-refractivity contribution in [2.45, 2.75) is 19.3 Å². The first-order valence-corrected chi connectivity index (χ1v) is 5.89. The first-order chi connectivity index (χ1) is 8.70. The summed E-state index contributed by atoms with van der Waals surface area (Å²) in [5.41, 5.74) is 0.823. The SMILES string of the molecule is COc1cc2c(cc1CCC(=O)O)OCCCO2. The number of carboxylic acid groups (broad SMARTS) is 1. The lowest BCUT2D eigenvalue weighted by Crippen LogP contribution is -2.01. The van der Waals surface area contributed by atoms with Crippen LogP contribution in [0.2, 0.25) is 0 Å². The molecule has 0 bridgehead atoms. The smallest absolute Gasteiger partial charge is 0.303 e. The molecule has 1 aliphatic rings. The molecule has 2 rings (SSSR count). The number of fused-ring (bicyclic) bond motifs is 1. The second-order valence-electron chi connectivity index (χ2n) is 4.06. The maximum atomic E-state index is 10.6. The number of carboxylic acids is 1. The van der Waals surface area contributed by atoms with Crippen molar-refractivity contribution >= 4 is 5.97 Å². The Labute approximate surface area is 105 Å². The van der Waals surface area contributed by atoms with Gasteiger partial charge in [0.05, 0.1) is 20.3 Å². The van der Waals surface area contributed by atoms with Crippen LogP contribution in [-0.2, 0) is 11.2 Å². The van der Waals surface area contributed by atoms with E-state index in [9.17, 15) is 4.79 Å². The Balaban J connectivity index is 2.27. The van der Waals surface area contributed by atoms with Gasteiger partial charge in [-0.3, -0.25) is 4.79 Å². The molecule has 5 heteroatoms. The van der Waals surface area contributed by atoms with Crippen LogP contribution in [0.5, 0.6) is 17.2 Å². The molecule has 0 radical (unpaired) electrons. The van der Waals surface area contributed by atoms with E-state index >= 15 is 0 Å². The first kappa shape index (κ1) is 12.5. The van der Waals surface area contributed by atoms with Crippen LogP contribution in [0.1, 0.15) is 18.4 Å². The molecule has 0 saturated carbocycles. The number of aliphatic carboxylic acids is 1. The highest BCUT2D eigenvalue weighted by Crippen LogP contribution is 2.36. The van der Waals surface area contributed by atoms with Crippen LogP contribution in [0.4, 0.5) is 0 Å². The second kappa shape index (κ2) is 5.62. The maximum absolute atomic E-state index is 10.6. The highest BCUT2D eigenvalue weighted by Gasteiger charge is 2.15. The number of benzene rings is 1. The topological polar surface area (TPSA) is 65.0 Å². The molecule has 0 amide bonds. The average Bonchev–Trinajstić information content (AvgIpc) is 2.59. The quantitative estimate of drug-likeness (QED) is 0.886. The van der Waals surface area contributed by atoms with E-state index in [1.807, 2.05) is 6.07 Å². The lowest BCUT2D eigenvalue weighted by Gasteiger charge is -2.13. The van der Waals surface area contributed by atoms with Gasteiger partial charge in [-0.25, -0.2) is 0 Å². The molecule has 1 N–H and O–H groups in total. The second-order valence-corrected chi connectivity index (χ2v) is 4.06. The van der Waals surface area contributed by atoms with Gasteiger partial charge in [0.1, 0.15) is 5.75 Å². The number of aryl methyl sites for hydroxylation is 1. The maximum Gasteiger partial charge on any atom is 0.303 e. The molecule has 1 aromatic rings. The van der Waals surface area contributed by atoms with Crippen molar-refractivity contribution in [3.8, 4) is 17.2 Å². The van der Waals surface area contributed by atoms with E-state index in [0.29, 0.717) is 36.9 Å². The molecule has 0 unspecified atom stereocenters. The van der Waals surface area contributed by atoms with E-state index < -0.39 is 5.97 Å². The molecule has 18 heavy (non-hydrogen) atoms. The summed E-state index contributed by atoms with van der Waals surface area (Å²) in [6.45, 7) is 1.22. The minimum atomic E-state index is -0.829. The Kier molecular flexibility index (Phi) is 3.92. The molecular formula is C13H16O5. The number of methoxy groups -OCH3 is 1. The van der Waals surface area contributed by atoms with Crippen molar-refractivity contribution in [3.63, 3.8) is 0 Å². The number of hydrogen-bond acceptors (Lipinski definition) is 4. The van der Waals surface area contributed by atoms with E-state index in [1.165, 1.54) is 0 Å². The molecule has 0 fully saturated rings. The van der Waals surface area contributed by atoms with E-state index in [2.05, 4.69) is 0 Å². The summed E-state index contributed by atoms with van der Waals surface area (Å²) >= 11 is 0. The molecule has 1 aliphatic heterocycles. The zero-order valence-corrected chi connectivity index (χ0v) is 10.3.